The molecule has 0 radical (unpaired) electrons. The number of para-hydroxylation sites is 1. The maximum atomic E-state index is 13.4. The summed E-state index contributed by atoms with van der Waals surface area (Å²) in [6.45, 7) is 0.0806. The number of carboxylic acids is 1. The van der Waals surface area contributed by atoms with Gasteiger partial charge in [-0.2, -0.15) is 13.2 Å². The molecule has 0 spiro atoms. The Morgan fingerprint density at radius 1 is 1.26 bits per heavy atom. The quantitative estimate of drug-likeness (QED) is 0.617. The highest BCUT2D eigenvalue weighted by molar-refractivity contribution is 5.94. The summed E-state index contributed by atoms with van der Waals surface area (Å²) in [5, 5.41) is 11.4. The molecule has 0 saturated heterocycles. The summed E-state index contributed by atoms with van der Waals surface area (Å²) < 4.78 is 49.0. The van der Waals surface area contributed by atoms with E-state index in [9.17, 15) is 22.4 Å². The molecular weight excluding hydrogens is 266 g/mol. The van der Waals surface area contributed by atoms with Crippen molar-refractivity contribution in [3.05, 3.63) is 29.6 Å². The molecule has 1 rings (SSSR count). The zero-order valence-corrected chi connectivity index (χ0v) is 9.93. The van der Waals surface area contributed by atoms with Gasteiger partial charge in [0.2, 0.25) is 0 Å². The lowest BCUT2D eigenvalue weighted by Crippen LogP contribution is -2.11. The van der Waals surface area contributed by atoms with Gasteiger partial charge in [-0.1, -0.05) is 6.07 Å². The van der Waals surface area contributed by atoms with Crippen molar-refractivity contribution in [3.8, 4) is 0 Å². The Kier molecular flexibility index (Phi) is 5.14. The number of unbranched alkanes of at least 4 members (excludes halogenated alkanes) is 1. The van der Waals surface area contributed by atoms with Crippen molar-refractivity contribution in [2.24, 2.45) is 0 Å². The Bertz CT molecular complexity index is 446. The van der Waals surface area contributed by atoms with Crippen molar-refractivity contribution >= 4 is 11.7 Å². The van der Waals surface area contributed by atoms with E-state index in [0.29, 0.717) is 0 Å². The number of halogens is 4. The van der Waals surface area contributed by atoms with Crippen LogP contribution >= 0.6 is 0 Å². The summed E-state index contributed by atoms with van der Waals surface area (Å²) in [5.74, 6) is -2.03. The van der Waals surface area contributed by atoms with Gasteiger partial charge in [-0.3, -0.25) is 0 Å². The maximum Gasteiger partial charge on any atom is 0.389 e. The van der Waals surface area contributed by atoms with Crippen LogP contribution in [0, 0.1) is 5.82 Å². The summed E-state index contributed by atoms with van der Waals surface area (Å²) in [6.07, 6.45) is -5.03. The molecule has 106 valence electrons. The number of alkyl halides is 3. The highest BCUT2D eigenvalue weighted by Gasteiger charge is 2.25. The van der Waals surface area contributed by atoms with Crippen molar-refractivity contribution in [1.82, 2.24) is 0 Å². The molecule has 3 nitrogen and oxygen atoms in total. The first kappa shape index (κ1) is 15.3. The number of carboxylic acid groups (broad SMARTS) is 1. The number of anilines is 1. The number of carbonyl (C=O) groups is 1. The fourth-order valence-electron chi connectivity index (χ4n) is 1.55. The molecule has 0 heterocycles. The molecule has 0 aliphatic rings. The molecule has 2 N–H and O–H groups in total. The molecule has 1 aromatic carbocycles. The number of hydrogen-bond acceptors (Lipinski definition) is 2. The zero-order valence-electron chi connectivity index (χ0n) is 9.93. The molecule has 7 heteroatoms. The van der Waals surface area contributed by atoms with Crippen LogP contribution in [0.3, 0.4) is 0 Å². The molecule has 0 aromatic heterocycles. The Morgan fingerprint density at radius 3 is 2.53 bits per heavy atom. The van der Waals surface area contributed by atoms with Crippen LogP contribution in [0.4, 0.5) is 23.2 Å². The van der Waals surface area contributed by atoms with Crippen LogP contribution in [0.2, 0.25) is 0 Å². The highest BCUT2D eigenvalue weighted by atomic mass is 19.4. The number of nitrogens with one attached hydrogen (secondary N) is 1. The van der Waals surface area contributed by atoms with E-state index in [2.05, 4.69) is 5.32 Å². The minimum Gasteiger partial charge on any atom is -0.478 e. The first-order chi connectivity index (χ1) is 8.81. The van der Waals surface area contributed by atoms with E-state index in [1.54, 1.807) is 0 Å². The summed E-state index contributed by atoms with van der Waals surface area (Å²) in [4.78, 5) is 10.8. The molecule has 0 amide bonds. The van der Waals surface area contributed by atoms with Crippen molar-refractivity contribution < 1.29 is 27.5 Å². The van der Waals surface area contributed by atoms with E-state index in [1.165, 1.54) is 12.1 Å². The number of aromatic carboxylic acids is 1. The number of hydrogen-bond donors (Lipinski definition) is 2. The van der Waals surface area contributed by atoms with Crippen LogP contribution < -0.4 is 5.32 Å². The third-order valence-corrected chi connectivity index (χ3v) is 2.43. The third kappa shape index (κ3) is 5.15. The molecule has 0 bridgehead atoms. The molecule has 0 fully saturated rings. The second-order valence-corrected chi connectivity index (χ2v) is 3.97. The molecule has 19 heavy (non-hydrogen) atoms. The zero-order chi connectivity index (χ0) is 14.5. The Hall–Kier alpha value is -1.79. The lowest BCUT2D eigenvalue weighted by molar-refractivity contribution is -0.135. The Labute approximate surface area is 107 Å². The normalized spacial score (nSPS) is 11.4. The van der Waals surface area contributed by atoms with Crippen LogP contribution in [0.5, 0.6) is 0 Å². The average Bonchev–Trinajstić information content (AvgIpc) is 2.28. The first-order valence-corrected chi connectivity index (χ1v) is 5.63. The molecule has 1 aromatic rings. The summed E-state index contributed by atoms with van der Waals surface area (Å²) in [6, 6.07) is 3.57. The fraction of sp³-hybridized carbons (Fsp3) is 0.417. The maximum absolute atomic E-state index is 13.4. The van der Waals surface area contributed by atoms with Gasteiger partial charge in [-0.25, -0.2) is 9.18 Å². The van der Waals surface area contributed by atoms with Gasteiger partial charge < -0.3 is 10.4 Å². The Balaban J connectivity index is 2.52. The van der Waals surface area contributed by atoms with Crippen LogP contribution in [0.1, 0.15) is 29.6 Å². The second-order valence-electron chi connectivity index (χ2n) is 3.97. The van der Waals surface area contributed by atoms with Gasteiger partial charge in [0.05, 0.1) is 11.3 Å². The molecule has 0 atom stereocenters. The first-order valence-electron chi connectivity index (χ1n) is 5.63. The van der Waals surface area contributed by atoms with Crippen LogP contribution in [0.15, 0.2) is 18.2 Å². The summed E-state index contributed by atoms with van der Waals surface area (Å²) >= 11 is 0. The van der Waals surface area contributed by atoms with Crippen molar-refractivity contribution in [2.45, 2.75) is 25.4 Å². The van der Waals surface area contributed by atoms with E-state index in [0.717, 1.165) is 6.07 Å². The van der Waals surface area contributed by atoms with Gasteiger partial charge in [-0.05, 0) is 25.0 Å². The SMILES string of the molecule is O=C(O)c1cccc(F)c1NCCCCC(F)(F)F. The Morgan fingerprint density at radius 2 is 1.95 bits per heavy atom. The standard InChI is InChI=1S/C12H13F4NO2/c13-9-5-3-4-8(11(18)19)10(9)17-7-2-1-6-12(14,15)16/h3-5,17H,1-2,6-7H2,(H,18,19). The third-order valence-electron chi connectivity index (χ3n) is 2.43. The van der Waals surface area contributed by atoms with E-state index in [-0.39, 0.29) is 30.6 Å². The number of rotatable bonds is 6. The van der Waals surface area contributed by atoms with Crippen LogP contribution in [-0.2, 0) is 0 Å². The minimum atomic E-state index is -4.20. The number of benzene rings is 1. The van der Waals surface area contributed by atoms with Gasteiger partial charge in [0.25, 0.3) is 0 Å². The van der Waals surface area contributed by atoms with Gasteiger partial charge in [0, 0.05) is 13.0 Å². The van der Waals surface area contributed by atoms with E-state index >= 15 is 0 Å². The fourth-order valence-corrected chi connectivity index (χ4v) is 1.55. The van der Waals surface area contributed by atoms with E-state index in [1.807, 2.05) is 0 Å². The molecule has 0 saturated carbocycles. The predicted molar refractivity (Wildman–Crippen MR) is 61.8 cm³/mol. The smallest absolute Gasteiger partial charge is 0.389 e. The van der Waals surface area contributed by atoms with Crippen molar-refractivity contribution in [3.63, 3.8) is 0 Å². The predicted octanol–water partition coefficient (Wildman–Crippen LogP) is 3.67. The summed E-state index contributed by atoms with van der Waals surface area (Å²) in [7, 11) is 0. The molecule has 0 aliphatic carbocycles. The monoisotopic (exact) mass is 279 g/mol. The van der Waals surface area contributed by atoms with Gasteiger partial charge in [0.1, 0.15) is 5.82 Å². The lowest BCUT2D eigenvalue weighted by atomic mass is 10.1. The lowest BCUT2D eigenvalue weighted by Gasteiger charge is -2.11. The second kappa shape index (κ2) is 6.40. The van der Waals surface area contributed by atoms with Gasteiger partial charge >= 0.3 is 12.1 Å². The van der Waals surface area contributed by atoms with Gasteiger partial charge in [0.15, 0.2) is 0 Å². The van der Waals surface area contributed by atoms with Crippen molar-refractivity contribution in [2.75, 3.05) is 11.9 Å². The minimum absolute atomic E-state index is 0.0806. The molecule has 0 unspecified atom stereocenters. The molecular formula is C12H13F4NO2. The molecule has 0 aliphatic heterocycles. The average molecular weight is 279 g/mol. The topological polar surface area (TPSA) is 49.3 Å². The van der Waals surface area contributed by atoms with Gasteiger partial charge in [-0.15, -0.1) is 0 Å². The van der Waals surface area contributed by atoms with E-state index < -0.39 is 24.4 Å². The summed E-state index contributed by atoms with van der Waals surface area (Å²) in [5.41, 5.74) is -0.433. The van der Waals surface area contributed by atoms with Crippen LogP contribution in [-0.4, -0.2) is 23.8 Å². The van der Waals surface area contributed by atoms with E-state index in [4.69, 9.17) is 5.11 Å². The van der Waals surface area contributed by atoms with Crippen molar-refractivity contribution in [1.29, 1.82) is 0 Å². The van der Waals surface area contributed by atoms with Crippen LogP contribution in [0.25, 0.3) is 0 Å². The largest absolute Gasteiger partial charge is 0.478 e. The highest BCUT2D eigenvalue weighted by Crippen LogP contribution is 2.23.